The summed E-state index contributed by atoms with van der Waals surface area (Å²) in [4.78, 5) is 12.3. The molecule has 2 aromatic rings. The lowest BCUT2D eigenvalue weighted by atomic mass is 10.1. The summed E-state index contributed by atoms with van der Waals surface area (Å²) in [6.07, 6.45) is 0. The van der Waals surface area contributed by atoms with Crippen LogP contribution in [0.2, 0.25) is 0 Å². The van der Waals surface area contributed by atoms with Crippen LogP contribution in [0.5, 0.6) is 5.75 Å². The van der Waals surface area contributed by atoms with Crippen LogP contribution in [-0.2, 0) is 0 Å². The number of nitrogens with one attached hydrogen (secondary N) is 1. The number of rotatable bonds is 3. The molecular weight excluding hydrogens is 264 g/mol. The number of nitrogens with zero attached hydrogens (tertiary/aromatic N) is 1. The molecule has 4 nitrogen and oxygen atoms in total. The minimum atomic E-state index is -0.199. The molecule has 0 atom stereocenters. The van der Waals surface area contributed by atoms with Gasteiger partial charge in [-0.25, -0.2) is 0 Å². The number of hydrogen-bond acceptors (Lipinski definition) is 3. The van der Waals surface area contributed by atoms with Gasteiger partial charge in [0.15, 0.2) is 0 Å². The van der Waals surface area contributed by atoms with Crippen LogP contribution in [0.25, 0.3) is 0 Å². The largest absolute Gasteiger partial charge is 0.495 e. The third kappa shape index (κ3) is 3.21. The summed E-state index contributed by atoms with van der Waals surface area (Å²) in [5.74, 6) is 0.266. The highest BCUT2D eigenvalue weighted by atomic mass is 16.5. The number of ether oxygens (including phenoxy) is 1. The van der Waals surface area contributed by atoms with Crippen molar-refractivity contribution in [2.45, 2.75) is 13.8 Å². The Morgan fingerprint density at radius 1 is 1.19 bits per heavy atom. The fourth-order valence-electron chi connectivity index (χ4n) is 2.12. The van der Waals surface area contributed by atoms with Crippen molar-refractivity contribution in [2.75, 3.05) is 12.4 Å². The highest BCUT2D eigenvalue weighted by Gasteiger charge is 2.12. The molecule has 2 rings (SSSR count). The van der Waals surface area contributed by atoms with E-state index in [4.69, 9.17) is 10.00 Å². The first-order valence-corrected chi connectivity index (χ1v) is 6.52. The fraction of sp³-hybridized carbons (Fsp3) is 0.176. The smallest absolute Gasteiger partial charge is 0.256 e. The Morgan fingerprint density at radius 2 is 1.95 bits per heavy atom. The molecular formula is C17H16N2O2. The van der Waals surface area contributed by atoms with Crippen LogP contribution in [0.15, 0.2) is 36.4 Å². The van der Waals surface area contributed by atoms with Crippen LogP contribution in [-0.4, -0.2) is 13.0 Å². The molecule has 1 amide bonds. The van der Waals surface area contributed by atoms with E-state index in [-0.39, 0.29) is 5.91 Å². The lowest BCUT2D eigenvalue weighted by Crippen LogP contribution is -2.14. The van der Waals surface area contributed by atoms with Crippen molar-refractivity contribution in [3.63, 3.8) is 0 Å². The SMILES string of the molecule is COc1cc(C#N)ccc1NC(=O)c1ccc(C)cc1C. The van der Waals surface area contributed by atoms with Gasteiger partial charge in [0.2, 0.25) is 0 Å². The second-order valence-electron chi connectivity index (χ2n) is 4.80. The summed E-state index contributed by atoms with van der Waals surface area (Å²) in [5.41, 5.74) is 3.67. The average Bonchev–Trinajstić information content (AvgIpc) is 2.47. The van der Waals surface area contributed by atoms with Crippen LogP contribution < -0.4 is 10.1 Å². The van der Waals surface area contributed by atoms with Gasteiger partial charge in [-0.05, 0) is 37.6 Å². The second kappa shape index (κ2) is 6.10. The van der Waals surface area contributed by atoms with E-state index in [0.29, 0.717) is 22.6 Å². The molecule has 0 heterocycles. The van der Waals surface area contributed by atoms with Crippen LogP contribution in [0.4, 0.5) is 5.69 Å². The summed E-state index contributed by atoms with van der Waals surface area (Å²) in [7, 11) is 1.50. The highest BCUT2D eigenvalue weighted by molar-refractivity contribution is 6.06. The number of carbonyl (C=O) groups is 1. The number of nitriles is 1. The predicted molar refractivity (Wildman–Crippen MR) is 81.6 cm³/mol. The topological polar surface area (TPSA) is 62.1 Å². The molecule has 0 unspecified atom stereocenters. The van der Waals surface area contributed by atoms with Crippen molar-refractivity contribution >= 4 is 11.6 Å². The van der Waals surface area contributed by atoms with E-state index in [0.717, 1.165) is 11.1 Å². The van der Waals surface area contributed by atoms with Gasteiger partial charge in [-0.2, -0.15) is 5.26 Å². The molecule has 0 saturated carbocycles. The molecule has 0 aliphatic rings. The van der Waals surface area contributed by atoms with Gasteiger partial charge in [0.1, 0.15) is 5.75 Å². The number of hydrogen-bond donors (Lipinski definition) is 1. The zero-order valence-corrected chi connectivity index (χ0v) is 12.2. The van der Waals surface area contributed by atoms with Crippen LogP contribution in [0.3, 0.4) is 0 Å². The van der Waals surface area contributed by atoms with Crippen molar-refractivity contribution in [3.05, 3.63) is 58.7 Å². The molecule has 0 bridgehead atoms. The Kier molecular flexibility index (Phi) is 4.24. The van der Waals surface area contributed by atoms with Gasteiger partial charge < -0.3 is 10.1 Å². The molecule has 1 N–H and O–H groups in total. The Morgan fingerprint density at radius 3 is 2.57 bits per heavy atom. The summed E-state index contributed by atoms with van der Waals surface area (Å²) in [6.45, 7) is 3.89. The van der Waals surface area contributed by atoms with Gasteiger partial charge in [0, 0.05) is 11.6 Å². The zero-order chi connectivity index (χ0) is 15.4. The van der Waals surface area contributed by atoms with Crippen LogP contribution >= 0.6 is 0 Å². The van der Waals surface area contributed by atoms with Gasteiger partial charge in [0.25, 0.3) is 5.91 Å². The van der Waals surface area contributed by atoms with Gasteiger partial charge in [-0.1, -0.05) is 17.7 Å². The van der Waals surface area contributed by atoms with Crippen molar-refractivity contribution in [3.8, 4) is 11.8 Å². The minimum Gasteiger partial charge on any atom is -0.495 e. The summed E-state index contributed by atoms with van der Waals surface area (Å²) in [5, 5.41) is 11.7. The molecule has 0 fully saturated rings. The first-order valence-electron chi connectivity index (χ1n) is 6.52. The molecule has 4 heteroatoms. The van der Waals surface area contributed by atoms with Crippen molar-refractivity contribution in [1.82, 2.24) is 0 Å². The zero-order valence-electron chi connectivity index (χ0n) is 12.2. The maximum atomic E-state index is 12.3. The van der Waals surface area contributed by atoms with Crippen LogP contribution in [0.1, 0.15) is 27.0 Å². The van der Waals surface area contributed by atoms with Crippen molar-refractivity contribution in [1.29, 1.82) is 5.26 Å². The first kappa shape index (κ1) is 14.6. The monoisotopic (exact) mass is 280 g/mol. The molecule has 106 valence electrons. The molecule has 2 aromatic carbocycles. The van der Waals surface area contributed by atoms with E-state index in [9.17, 15) is 4.79 Å². The molecule has 0 saturated heterocycles. The number of aryl methyl sites for hydroxylation is 2. The van der Waals surface area contributed by atoms with E-state index < -0.39 is 0 Å². The lowest BCUT2D eigenvalue weighted by Gasteiger charge is -2.12. The fourth-order valence-corrected chi connectivity index (χ4v) is 2.12. The van der Waals surface area contributed by atoms with Crippen molar-refractivity contribution < 1.29 is 9.53 Å². The third-order valence-electron chi connectivity index (χ3n) is 3.21. The average molecular weight is 280 g/mol. The summed E-state index contributed by atoms with van der Waals surface area (Å²) < 4.78 is 5.21. The Labute approximate surface area is 124 Å². The van der Waals surface area contributed by atoms with Crippen molar-refractivity contribution in [2.24, 2.45) is 0 Å². The molecule has 0 aliphatic heterocycles. The second-order valence-corrected chi connectivity index (χ2v) is 4.80. The number of methoxy groups -OCH3 is 1. The Hall–Kier alpha value is -2.80. The quantitative estimate of drug-likeness (QED) is 0.936. The van der Waals surface area contributed by atoms with Gasteiger partial charge in [-0.15, -0.1) is 0 Å². The number of amides is 1. The normalized spacial score (nSPS) is 9.81. The third-order valence-corrected chi connectivity index (χ3v) is 3.21. The lowest BCUT2D eigenvalue weighted by molar-refractivity contribution is 0.102. The van der Waals surface area contributed by atoms with E-state index >= 15 is 0 Å². The standard InChI is InChI=1S/C17H16N2O2/c1-11-4-6-14(12(2)8-11)17(20)19-15-7-5-13(10-18)9-16(15)21-3/h4-9H,1-3H3,(H,19,20). The maximum absolute atomic E-state index is 12.3. The highest BCUT2D eigenvalue weighted by Crippen LogP contribution is 2.26. The Bertz CT molecular complexity index is 730. The number of carbonyl (C=O) groups excluding carboxylic acids is 1. The van der Waals surface area contributed by atoms with E-state index in [1.54, 1.807) is 24.3 Å². The van der Waals surface area contributed by atoms with E-state index in [1.807, 2.05) is 32.0 Å². The van der Waals surface area contributed by atoms with E-state index in [1.165, 1.54) is 7.11 Å². The first-order chi connectivity index (χ1) is 10.0. The molecule has 0 aliphatic carbocycles. The number of benzene rings is 2. The maximum Gasteiger partial charge on any atom is 0.256 e. The summed E-state index contributed by atoms with van der Waals surface area (Å²) in [6, 6.07) is 12.6. The van der Waals surface area contributed by atoms with Crippen LogP contribution in [0, 0.1) is 25.2 Å². The molecule has 0 spiro atoms. The summed E-state index contributed by atoms with van der Waals surface area (Å²) >= 11 is 0. The molecule has 21 heavy (non-hydrogen) atoms. The van der Waals surface area contributed by atoms with Gasteiger partial charge in [0.05, 0.1) is 24.4 Å². The van der Waals surface area contributed by atoms with Gasteiger partial charge >= 0.3 is 0 Å². The van der Waals surface area contributed by atoms with E-state index in [2.05, 4.69) is 5.32 Å². The minimum absolute atomic E-state index is 0.199. The Balaban J connectivity index is 2.29. The number of anilines is 1. The molecule has 0 radical (unpaired) electrons. The predicted octanol–water partition coefficient (Wildman–Crippen LogP) is 3.44. The van der Waals surface area contributed by atoms with Gasteiger partial charge in [-0.3, -0.25) is 4.79 Å². The molecule has 0 aromatic heterocycles.